The second-order valence-electron chi connectivity index (χ2n) is 5.49. The maximum absolute atomic E-state index is 4.40. The highest BCUT2D eigenvalue weighted by Gasteiger charge is 2.25. The Hall–Kier alpha value is -2.70. The number of piperazine rings is 1. The number of hydrogen-bond donors (Lipinski definition) is 0. The van der Waals surface area contributed by atoms with Crippen LogP contribution in [-0.4, -0.2) is 46.0 Å². The molecule has 0 spiro atoms. The Morgan fingerprint density at radius 3 is 2.68 bits per heavy atom. The second kappa shape index (κ2) is 5.25. The van der Waals surface area contributed by atoms with Crippen molar-refractivity contribution in [3.8, 4) is 0 Å². The van der Waals surface area contributed by atoms with Gasteiger partial charge >= 0.3 is 0 Å². The molecule has 1 saturated heterocycles. The summed E-state index contributed by atoms with van der Waals surface area (Å²) in [6, 6.07) is 8.27. The van der Waals surface area contributed by atoms with Gasteiger partial charge in [-0.2, -0.15) is 9.61 Å². The van der Waals surface area contributed by atoms with Crippen molar-refractivity contribution in [2.24, 2.45) is 0 Å². The predicted octanol–water partition coefficient (Wildman–Crippen LogP) is 0.573. The van der Waals surface area contributed by atoms with E-state index in [1.54, 1.807) is 10.8 Å². The zero-order valence-corrected chi connectivity index (χ0v) is 12.5. The molecule has 4 heterocycles. The molecule has 0 saturated carbocycles. The first-order chi connectivity index (χ1) is 10.8. The number of nitrogens with one attached hydrogen (secondary N) is 1. The van der Waals surface area contributed by atoms with Crippen LogP contribution >= 0.6 is 0 Å². The van der Waals surface area contributed by atoms with Crippen LogP contribution in [0.2, 0.25) is 0 Å². The van der Waals surface area contributed by atoms with Gasteiger partial charge in [-0.1, -0.05) is 6.07 Å². The molecule has 0 atom stereocenters. The van der Waals surface area contributed by atoms with E-state index in [2.05, 4.69) is 48.3 Å². The summed E-state index contributed by atoms with van der Waals surface area (Å²) in [5.74, 6) is 1.17. The molecule has 0 bridgehead atoms. The fourth-order valence-corrected chi connectivity index (χ4v) is 2.93. The second-order valence-corrected chi connectivity index (χ2v) is 5.49. The number of aromatic nitrogens is 5. The molecular weight excluding hydrogens is 278 g/mol. The summed E-state index contributed by atoms with van der Waals surface area (Å²) < 4.78 is 1.75. The van der Waals surface area contributed by atoms with Crippen molar-refractivity contribution in [2.45, 2.75) is 6.92 Å². The van der Waals surface area contributed by atoms with Crippen LogP contribution in [0.3, 0.4) is 0 Å². The fourth-order valence-electron chi connectivity index (χ4n) is 2.93. The Balaban J connectivity index is 1.57. The highest BCUT2D eigenvalue weighted by atomic mass is 15.4. The highest BCUT2D eigenvalue weighted by Crippen LogP contribution is 2.22. The zero-order valence-electron chi connectivity index (χ0n) is 12.5. The van der Waals surface area contributed by atoms with Crippen LogP contribution in [0.25, 0.3) is 5.65 Å². The van der Waals surface area contributed by atoms with Crippen molar-refractivity contribution in [3.63, 3.8) is 0 Å². The third-order valence-electron chi connectivity index (χ3n) is 4.02. The molecule has 0 amide bonds. The van der Waals surface area contributed by atoms with Gasteiger partial charge in [-0.3, -0.25) is 4.90 Å². The molecule has 0 aromatic carbocycles. The number of rotatable bonds is 2. The minimum Gasteiger partial charge on any atom is -0.361 e. The molecule has 3 aromatic rings. The molecular formula is C15H18N7+. The number of aromatic amines is 1. The average molecular weight is 296 g/mol. The normalized spacial score (nSPS) is 15.5. The van der Waals surface area contributed by atoms with Gasteiger partial charge in [0.1, 0.15) is 19.4 Å². The number of H-pyrrole nitrogens is 1. The average Bonchev–Trinajstić information content (AvgIpc) is 3.03. The van der Waals surface area contributed by atoms with E-state index in [4.69, 9.17) is 0 Å². The quantitative estimate of drug-likeness (QED) is 0.692. The highest BCUT2D eigenvalue weighted by molar-refractivity contribution is 5.68. The van der Waals surface area contributed by atoms with Crippen molar-refractivity contribution in [1.82, 2.24) is 19.8 Å². The summed E-state index contributed by atoms with van der Waals surface area (Å²) >= 11 is 0. The Kier molecular flexibility index (Phi) is 3.10. The van der Waals surface area contributed by atoms with Crippen molar-refractivity contribution in [2.75, 3.05) is 36.0 Å². The summed E-state index contributed by atoms with van der Waals surface area (Å²) in [5.41, 5.74) is 2.91. The van der Waals surface area contributed by atoms with Crippen molar-refractivity contribution in [3.05, 3.63) is 42.5 Å². The lowest BCUT2D eigenvalue weighted by Crippen LogP contribution is -2.48. The Bertz CT molecular complexity index is 775. The molecule has 1 N–H and O–H groups in total. The number of hydrogen-bond acceptors (Lipinski definition) is 5. The van der Waals surface area contributed by atoms with Crippen LogP contribution in [0.15, 0.2) is 36.8 Å². The van der Waals surface area contributed by atoms with E-state index in [9.17, 15) is 0 Å². The number of anilines is 2. The van der Waals surface area contributed by atoms with E-state index in [1.165, 1.54) is 5.82 Å². The molecule has 4 rings (SSSR count). The molecule has 22 heavy (non-hydrogen) atoms. The lowest BCUT2D eigenvalue weighted by atomic mass is 10.2. The Labute approximate surface area is 128 Å². The van der Waals surface area contributed by atoms with Gasteiger partial charge in [-0.05, 0) is 19.1 Å². The molecule has 0 aliphatic carbocycles. The first-order valence-corrected chi connectivity index (χ1v) is 7.45. The third-order valence-corrected chi connectivity index (χ3v) is 4.02. The van der Waals surface area contributed by atoms with Gasteiger partial charge in [0.15, 0.2) is 0 Å². The molecule has 3 aromatic heterocycles. The molecule has 112 valence electrons. The van der Waals surface area contributed by atoms with Crippen LogP contribution in [0, 0.1) is 6.92 Å². The summed E-state index contributed by atoms with van der Waals surface area (Å²) in [7, 11) is 0. The SMILES string of the molecule is Cc1cc(N2CCN(c3cccc[nH+]3)CC2)c2nncn2n1. The Morgan fingerprint density at radius 1 is 1.09 bits per heavy atom. The molecule has 1 fully saturated rings. The van der Waals surface area contributed by atoms with Gasteiger partial charge in [0.05, 0.1) is 30.7 Å². The van der Waals surface area contributed by atoms with E-state index < -0.39 is 0 Å². The largest absolute Gasteiger partial charge is 0.361 e. The van der Waals surface area contributed by atoms with Gasteiger partial charge < -0.3 is 4.90 Å². The zero-order chi connectivity index (χ0) is 14.9. The summed E-state index contributed by atoms with van der Waals surface area (Å²) in [4.78, 5) is 8.02. The van der Waals surface area contributed by atoms with Crippen molar-refractivity contribution >= 4 is 17.2 Å². The van der Waals surface area contributed by atoms with Crippen LogP contribution in [-0.2, 0) is 0 Å². The van der Waals surface area contributed by atoms with Crippen molar-refractivity contribution in [1.29, 1.82) is 0 Å². The van der Waals surface area contributed by atoms with Gasteiger partial charge in [0.2, 0.25) is 5.65 Å². The summed E-state index contributed by atoms with van der Waals surface area (Å²) in [5, 5.41) is 12.6. The fraction of sp³-hybridized carbons (Fsp3) is 0.333. The molecule has 1 aliphatic rings. The minimum atomic E-state index is 0.824. The molecule has 7 heteroatoms. The molecule has 0 unspecified atom stereocenters. The number of aryl methyl sites for hydroxylation is 1. The van der Waals surface area contributed by atoms with Crippen molar-refractivity contribution < 1.29 is 4.98 Å². The smallest absolute Gasteiger partial charge is 0.274 e. The number of nitrogens with zero attached hydrogens (tertiary/aromatic N) is 6. The van der Waals surface area contributed by atoms with Gasteiger partial charge in [-0.25, -0.2) is 4.98 Å². The van der Waals surface area contributed by atoms with E-state index in [-0.39, 0.29) is 0 Å². The lowest BCUT2D eigenvalue weighted by molar-refractivity contribution is -0.364. The predicted molar refractivity (Wildman–Crippen MR) is 82.9 cm³/mol. The van der Waals surface area contributed by atoms with Crippen LogP contribution < -0.4 is 14.8 Å². The van der Waals surface area contributed by atoms with Gasteiger partial charge in [0, 0.05) is 6.07 Å². The first-order valence-electron chi connectivity index (χ1n) is 7.45. The van der Waals surface area contributed by atoms with E-state index >= 15 is 0 Å². The van der Waals surface area contributed by atoms with E-state index in [0.717, 1.165) is 43.2 Å². The van der Waals surface area contributed by atoms with Gasteiger partial charge in [-0.15, -0.1) is 10.2 Å². The minimum absolute atomic E-state index is 0.824. The molecule has 7 nitrogen and oxygen atoms in total. The van der Waals surface area contributed by atoms with Gasteiger partial charge in [0.25, 0.3) is 5.82 Å². The number of fused-ring (bicyclic) bond motifs is 1. The maximum Gasteiger partial charge on any atom is 0.274 e. The topological polar surface area (TPSA) is 63.7 Å². The Morgan fingerprint density at radius 2 is 1.91 bits per heavy atom. The van der Waals surface area contributed by atoms with Crippen LogP contribution in [0.1, 0.15) is 5.69 Å². The monoisotopic (exact) mass is 296 g/mol. The maximum atomic E-state index is 4.40. The summed E-state index contributed by atoms with van der Waals surface area (Å²) in [6.07, 6.45) is 3.62. The van der Waals surface area contributed by atoms with Crippen LogP contribution in [0.5, 0.6) is 0 Å². The number of pyridine rings is 1. The molecule has 1 aliphatic heterocycles. The third kappa shape index (κ3) is 2.24. The lowest BCUT2D eigenvalue weighted by Gasteiger charge is -2.32. The van der Waals surface area contributed by atoms with E-state index in [0.29, 0.717) is 0 Å². The first kappa shape index (κ1) is 13.0. The summed E-state index contributed by atoms with van der Waals surface area (Å²) in [6.45, 7) is 5.85. The van der Waals surface area contributed by atoms with Crippen LogP contribution in [0.4, 0.5) is 11.5 Å². The van der Waals surface area contributed by atoms with E-state index in [1.807, 2.05) is 19.2 Å². The standard InChI is InChI=1S/C15H17N7/c1-12-10-13(15-18-17-11-22(15)19-12)20-6-8-21(9-7-20)14-4-2-3-5-16-14/h2-5,10-11H,6-9H2,1H3/p+1. The molecule has 0 radical (unpaired) electrons.